The molecule has 242 valence electrons. The Kier molecular flexibility index (Phi) is 11.4. The molecule has 0 spiro atoms. The van der Waals surface area contributed by atoms with Crippen molar-refractivity contribution >= 4 is 27.5 Å². The van der Waals surface area contributed by atoms with E-state index in [1.165, 1.54) is 24.1 Å². The first-order valence-electron chi connectivity index (χ1n) is 15.0. The van der Waals surface area contributed by atoms with Gasteiger partial charge in [0.25, 0.3) is 10.0 Å². The molecule has 1 N–H and O–H groups in total. The molecule has 1 atom stereocenters. The first kappa shape index (κ1) is 34.1. The number of nitrogens with one attached hydrogen (secondary N) is 1. The molecule has 0 aliphatic carbocycles. The van der Waals surface area contributed by atoms with Crippen LogP contribution in [0.25, 0.3) is 0 Å². The molecule has 0 aliphatic rings. The molecule has 46 heavy (non-hydrogen) atoms. The van der Waals surface area contributed by atoms with E-state index in [9.17, 15) is 18.0 Å². The van der Waals surface area contributed by atoms with Gasteiger partial charge in [-0.15, -0.1) is 0 Å². The first-order valence-corrected chi connectivity index (χ1v) is 16.5. The summed E-state index contributed by atoms with van der Waals surface area (Å²) in [5, 5.41) is 2.96. The maximum absolute atomic E-state index is 14.5. The van der Waals surface area contributed by atoms with E-state index in [-0.39, 0.29) is 35.5 Å². The van der Waals surface area contributed by atoms with Crippen LogP contribution in [0.4, 0.5) is 5.69 Å². The molecule has 4 aromatic carbocycles. The van der Waals surface area contributed by atoms with Gasteiger partial charge in [-0.3, -0.25) is 13.9 Å². The Hall–Kier alpha value is -4.83. The van der Waals surface area contributed by atoms with Crippen LogP contribution in [-0.2, 0) is 32.6 Å². The number of methoxy groups -OCH3 is 2. The topological polar surface area (TPSA) is 105 Å². The maximum atomic E-state index is 14.5. The highest BCUT2D eigenvalue weighted by atomic mass is 32.2. The first-order chi connectivity index (χ1) is 22.0. The predicted octanol–water partition coefficient (Wildman–Crippen LogP) is 5.37. The van der Waals surface area contributed by atoms with Gasteiger partial charge < -0.3 is 19.7 Å². The minimum absolute atomic E-state index is 0.0412. The summed E-state index contributed by atoms with van der Waals surface area (Å²) in [6.07, 6.45) is 0.225. The van der Waals surface area contributed by atoms with Gasteiger partial charge in [-0.05, 0) is 80.4 Å². The Morgan fingerprint density at radius 2 is 1.41 bits per heavy atom. The van der Waals surface area contributed by atoms with Crippen molar-refractivity contribution in [3.8, 4) is 11.5 Å². The molecule has 10 heteroatoms. The zero-order valence-corrected chi connectivity index (χ0v) is 27.7. The molecule has 9 nitrogen and oxygen atoms in total. The van der Waals surface area contributed by atoms with Gasteiger partial charge in [0.2, 0.25) is 11.8 Å². The number of carbonyl (C=O) groups is 2. The zero-order valence-electron chi connectivity index (χ0n) is 26.8. The van der Waals surface area contributed by atoms with E-state index in [1.807, 2.05) is 63.2 Å². The van der Waals surface area contributed by atoms with Gasteiger partial charge in [0.1, 0.15) is 24.1 Å². The van der Waals surface area contributed by atoms with Crippen molar-refractivity contribution in [3.63, 3.8) is 0 Å². The summed E-state index contributed by atoms with van der Waals surface area (Å²) in [7, 11) is -1.13. The second kappa shape index (κ2) is 15.4. The average molecular weight is 644 g/mol. The van der Waals surface area contributed by atoms with Crippen LogP contribution in [0.2, 0.25) is 0 Å². The normalized spacial score (nSPS) is 11.9. The van der Waals surface area contributed by atoms with Crippen molar-refractivity contribution in [1.82, 2.24) is 10.2 Å². The Morgan fingerprint density at radius 3 is 2.02 bits per heavy atom. The third kappa shape index (κ3) is 8.66. The molecule has 0 aromatic heterocycles. The molecule has 0 fully saturated rings. The number of ether oxygens (including phenoxy) is 2. The highest BCUT2D eigenvalue weighted by Gasteiger charge is 2.35. The number of hydrogen-bond donors (Lipinski definition) is 1. The Morgan fingerprint density at radius 1 is 0.783 bits per heavy atom. The summed E-state index contributed by atoms with van der Waals surface area (Å²) >= 11 is 0. The van der Waals surface area contributed by atoms with Crippen LogP contribution in [0.15, 0.2) is 108 Å². The standard InChI is InChI=1S/C36H41N3O6S/c1-26(2)37-36(41)34(23-28-10-7-6-8-11-28)38(24-29-12-9-13-32(22-29)45-5)35(40)25-39(30-16-18-31(44-4)19-17-30)46(42,43)33-20-14-27(3)15-21-33/h6-22,26,34H,23-25H2,1-5H3,(H,37,41)/t34-/m1/s1. The molecule has 4 rings (SSSR count). The van der Waals surface area contributed by atoms with Crippen LogP contribution < -0.4 is 19.1 Å². The number of anilines is 1. The van der Waals surface area contributed by atoms with E-state index in [4.69, 9.17) is 9.47 Å². The van der Waals surface area contributed by atoms with E-state index >= 15 is 0 Å². The molecular weight excluding hydrogens is 602 g/mol. The van der Waals surface area contributed by atoms with Gasteiger partial charge >= 0.3 is 0 Å². The van der Waals surface area contributed by atoms with Crippen molar-refractivity contribution < 1.29 is 27.5 Å². The van der Waals surface area contributed by atoms with Crippen LogP contribution in [0, 0.1) is 6.92 Å². The quantitative estimate of drug-likeness (QED) is 0.198. The lowest BCUT2D eigenvalue weighted by atomic mass is 10.0. The lowest BCUT2D eigenvalue weighted by molar-refractivity contribution is -0.140. The summed E-state index contributed by atoms with van der Waals surface area (Å²) in [6, 6.07) is 28.5. The molecule has 4 aromatic rings. The molecule has 0 unspecified atom stereocenters. The lowest BCUT2D eigenvalue weighted by Gasteiger charge is -2.34. The molecule has 0 bridgehead atoms. The van der Waals surface area contributed by atoms with Crippen molar-refractivity contribution in [2.24, 2.45) is 0 Å². The molecule has 2 amide bonds. The van der Waals surface area contributed by atoms with E-state index in [0.29, 0.717) is 11.5 Å². The van der Waals surface area contributed by atoms with Crippen molar-refractivity contribution in [1.29, 1.82) is 0 Å². The van der Waals surface area contributed by atoms with Crippen molar-refractivity contribution in [3.05, 3.63) is 120 Å². The van der Waals surface area contributed by atoms with E-state index in [1.54, 1.807) is 55.6 Å². The Labute approximate surface area is 271 Å². The maximum Gasteiger partial charge on any atom is 0.264 e. The number of rotatable bonds is 14. The van der Waals surface area contributed by atoms with E-state index in [2.05, 4.69) is 5.32 Å². The van der Waals surface area contributed by atoms with Gasteiger partial charge in [-0.25, -0.2) is 8.42 Å². The minimum Gasteiger partial charge on any atom is -0.497 e. The van der Waals surface area contributed by atoms with Gasteiger partial charge in [0, 0.05) is 19.0 Å². The Bertz CT molecular complexity index is 1710. The van der Waals surface area contributed by atoms with Gasteiger partial charge in [-0.1, -0.05) is 60.2 Å². The van der Waals surface area contributed by atoms with Crippen LogP contribution in [0.3, 0.4) is 0 Å². The number of amides is 2. The van der Waals surface area contributed by atoms with E-state index in [0.717, 1.165) is 21.0 Å². The summed E-state index contributed by atoms with van der Waals surface area (Å²) in [5.41, 5.74) is 2.76. The number of nitrogens with zero attached hydrogens (tertiary/aromatic N) is 2. The number of carbonyl (C=O) groups excluding carboxylic acids is 2. The third-order valence-corrected chi connectivity index (χ3v) is 9.23. The SMILES string of the molecule is COc1ccc(N(CC(=O)N(Cc2cccc(OC)c2)[C@H](Cc2ccccc2)C(=O)NC(C)C)S(=O)(=O)c2ccc(C)cc2)cc1. The average Bonchev–Trinajstić information content (AvgIpc) is 3.05. The molecule has 0 saturated carbocycles. The largest absolute Gasteiger partial charge is 0.497 e. The van der Waals surface area contributed by atoms with Gasteiger partial charge in [0.15, 0.2) is 0 Å². The fourth-order valence-electron chi connectivity index (χ4n) is 5.02. The summed E-state index contributed by atoms with van der Waals surface area (Å²) in [6.45, 7) is 5.07. The number of benzene rings is 4. The fourth-order valence-corrected chi connectivity index (χ4v) is 6.43. The predicted molar refractivity (Wildman–Crippen MR) is 179 cm³/mol. The highest BCUT2D eigenvalue weighted by molar-refractivity contribution is 7.92. The molecular formula is C36H41N3O6S. The number of hydrogen-bond acceptors (Lipinski definition) is 6. The van der Waals surface area contributed by atoms with E-state index < -0.39 is 28.5 Å². The summed E-state index contributed by atoms with van der Waals surface area (Å²) in [5.74, 6) is 0.246. The van der Waals surface area contributed by atoms with Crippen LogP contribution in [0.1, 0.15) is 30.5 Å². The van der Waals surface area contributed by atoms with Gasteiger partial charge in [0.05, 0.1) is 24.8 Å². The fraction of sp³-hybridized carbons (Fsp3) is 0.278. The second-order valence-electron chi connectivity index (χ2n) is 11.3. The Balaban J connectivity index is 1.81. The van der Waals surface area contributed by atoms with Crippen LogP contribution in [0.5, 0.6) is 11.5 Å². The van der Waals surface area contributed by atoms with Crippen LogP contribution in [-0.4, -0.2) is 58.0 Å². The summed E-state index contributed by atoms with van der Waals surface area (Å²) < 4.78 is 40.1. The van der Waals surface area contributed by atoms with Crippen molar-refractivity contribution in [2.45, 2.75) is 50.7 Å². The monoisotopic (exact) mass is 643 g/mol. The molecule has 0 radical (unpaired) electrons. The number of aryl methyl sites for hydroxylation is 1. The van der Waals surface area contributed by atoms with Gasteiger partial charge in [-0.2, -0.15) is 0 Å². The summed E-state index contributed by atoms with van der Waals surface area (Å²) in [4.78, 5) is 29.9. The smallest absolute Gasteiger partial charge is 0.264 e. The second-order valence-corrected chi connectivity index (χ2v) is 13.1. The third-order valence-electron chi connectivity index (χ3n) is 7.44. The molecule has 0 saturated heterocycles. The van der Waals surface area contributed by atoms with Crippen LogP contribution >= 0.6 is 0 Å². The molecule has 0 heterocycles. The molecule has 0 aliphatic heterocycles. The highest BCUT2D eigenvalue weighted by Crippen LogP contribution is 2.27. The lowest BCUT2D eigenvalue weighted by Crippen LogP contribution is -2.54. The zero-order chi connectivity index (χ0) is 33.3. The van der Waals surface area contributed by atoms with Crippen molar-refractivity contribution in [2.75, 3.05) is 25.1 Å². The minimum atomic E-state index is -4.20. The number of sulfonamides is 1.